The molecule has 2 unspecified atom stereocenters. The fourth-order valence-corrected chi connectivity index (χ4v) is 3.20. The van der Waals surface area contributed by atoms with Gasteiger partial charge in [0.2, 0.25) is 11.8 Å². The second-order valence-corrected chi connectivity index (χ2v) is 9.29. The van der Waals surface area contributed by atoms with Crippen molar-refractivity contribution >= 4 is 17.9 Å². The topological polar surface area (TPSA) is 108 Å². The third kappa shape index (κ3) is 9.16. The van der Waals surface area contributed by atoms with Crippen molar-refractivity contribution in [2.75, 3.05) is 13.1 Å². The van der Waals surface area contributed by atoms with E-state index in [4.69, 9.17) is 4.74 Å². The van der Waals surface area contributed by atoms with Gasteiger partial charge in [-0.25, -0.2) is 4.79 Å². The van der Waals surface area contributed by atoms with Crippen molar-refractivity contribution in [3.05, 3.63) is 42.5 Å². The Balaban J connectivity index is 3.33. The number of phenolic OH excluding ortho intramolecular Hbond substituents is 1. The lowest BCUT2D eigenvalue weighted by Crippen LogP contribution is -2.55. The first-order valence-corrected chi connectivity index (χ1v) is 11.4. The number of alkyl carbamates (subject to hydrolysis) is 1. The van der Waals surface area contributed by atoms with E-state index in [0.717, 1.165) is 12.8 Å². The largest absolute Gasteiger partial charge is 0.508 e. The number of benzene rings is 1. The van der Waals surface area contributed by atoms with Crippen LogP contribution in [0.3, 0.4) is 0 Å². The molecule has 33 heavy (non-hydrogen) atoms. The molecule has 0 spiro atoms. The molecule has 0 heterocycles. The molecule has 0 aliphatic carbocycles. The minimum Gasteiger partial charge on any atom is -0.508 e. The van der Waals surface area contributed by atoms with E-state index in [2.05, 4.69) is 17.2 Å². The smallest absolute Gasteiger partial charge is 0.408 e. The summed E-state index contributed by atoms with van der Waals surface area (Å²) in [7, 11) is 0. The Morgan fingerprint density at radius 2 is 1.79 bits per heavy atom. The van der Waals surface area contributed by atoms with Crippen molar-refractivity contribution in [2.45, 2.75) is 72.1 Å². The van der Waals surface area contributed by atoms with Crippen LogP contribution in [0.4, 0.5) is 4.79 Å². The van der Waals surface area contributed by atoms with Gasteiger partial charge in [0, 0.05) is 13.1 Å². The summed E-state index contributed by atoms with van der Waals surface area (Å²) in [5, 5.41) is 15.2. The molecule has 1 rings (SSSR count). The number of nitrogens with zero attached hydrogens (tertiary/aromatic N) is 1. The van der Waals surface area contributed by atoms with Gasteiger partial charge in [-0.2, -0.15) is 0 Å². The fourth-order valence-electron chi connectivity index (χ4n) is 3.20. The summed E-state index contributed by atoms with van der Waals surface area (Å²) in [6.07, 6.45) is 2.55. The Labute approximate surface area is 197 Å². The maximum atomic E-state index is 13.7. The number of nitrogens with one attached hydrogen (secondary N) is 2. The van der Waals surface area contributed by atoms with Crippen molar-refractivity contribution < 1.29 is 24.2 Å². The summed E-state index contributed by atoms with van der Waals surface area (Å²) in [4.78, 5) is 40.7. The molecule has 0 saturated carbocycles. The molecular weight excluding hydrogens is 422 g/mol. The van der Waals surface area contributed by atoms with Crippen LogP contribution in [0.5, 0.6) is 5.75 Å². The second-order valence-electron chi connectivity index (χ2n) is 9.29. The molecule has 0 radical (unpaired) electrons. The van der Waals surface area contributed by atoms with Gasteiger partial charge in [-0.1, -0.05) is 45.4 Å². The summed E-state index contributed by atoms with van der Waals surface area (Å²) in [5.74, 6) is -0.985. The standard InChI is InChI=1S/C25H39N3O5/c1-8-10-15-26-22(30)21(18-11-13-19(29)14-12-18)28(16-9-2)23(31)20(17(3)4)27-24(32)33-25(5,6)7/h9,11-14,17,20-21,29H,2,8,10,15-16H2,1,3-7H3,(H,26,30)(H,27,32). The van der Waals surface area contributed by atoms with Gasteiger partial charge >= 0.3 is 6.09 Å². The number of amides is 3. The van der Waals surface area contributed by atoms with E-state index in [1.165, 1.54) is 23.1 Å². The predicted octanol–water partition coefficient (Wildman–Crippen LogP) is 3.91. The average Bonchev–Trinajstić information content (AvgIpc) is 2.71. The van der Waals surface area contributed by atoms with Gasteiger partial charge in [0.1, 0.15) is 23.4 Å². The normalized spacial score (nSPS) is 13.1. The van der Waals surface area contributed by atoms with Crippen LogP contribution in [0.15, 0.2) is 36.9 Å². The van der Waals surface area contributed by atoms with Crippen LogP contribution in [0.25, 0.3) is 0 Å². The third-order valence-electron chi connectivity index (χ3n) is 4.81. The molecule has 0 aliphatic heterocycles. The summed E-state index contributed by atoms with van der Waals surface area (Å²) in [6, 6.07) is 4.27. The van der Waals surface area contributed by atoms with Gasteiger partial charge in [-0.05, 0) is 50.8 Å². The second kappa shape index (κ2) is 12.9. The molecule has 1 aromatic carbocycles. The molecule has 8 nitrogen and oxygen atoms in total. The Morgan fingerprint density at radius 3 is 2.27 bits per heavy atom. The minimum absolute atomic E-state index is 0.0529. The van der Waals surface area contributed by atoms with E-state index >= 15 is 0 Å². The average molecular weight is 462 g/mol. The molecular formula is C25H39N3O5. The molecule has 3 N–H and O–H groups in total. The zero-order valence-electron chi connectivity index (χ0n) is 20.7. The number of hydrogen-bond donors (Lipinski definition) is 3. The number of rotatable bonds is 11. The van der Waals surface area contributed by atoms with E-state index in [-0.39, 0.29) is 24.1 Å². The Hall–Kier alpha value is -3.03. The first-order chi connectivity index (χ1) is 15.4. The number of aromatic hydroxyl groups is 1. The van der Waals surface area contributed by atoms with Crippen LogP contribution in [-0.4, -0.2) is 52.6 Å². The van der Waals surface area contributed by atoms with Gasteiger partial charge in [0.15, 0.2) is 0 Å². The lowest BCUT2D eigenvalue weighted by molar-refractivity contribution is -0.142. The summed E-state index contributed by atoms with van der Waals surface area (Å²) >= 11 is 0. The Kier molecular flexibility index (Phi) is 10.9. The highest BCUT2D eigenvalue weighted by Gasteiger charge is 2.36. The first-order valence-electron chi connectivity index (χ1n) is 11.4. The van der Waals surface area contributed by atoms with Crippen molar-refractivity contribution in [1.82, 2.24) is 15.5 Å². The highest BCUT2D eigenvalue weighted by Crippen LogP contribution is 2.25. The SMILES string of the molecule is C=CCN(C(=O)C(NC(=O)OC(C)(C)C)C(C)C)C(C(=O)NCCCC)c1ccc(O)cc1. The monoisotopic (exact) mass is 461 g/mol. The van der Waals surface area contributed by atoms with Crippen LogP contribution in [0.1, 0.15) is 66.0 Å². The maximum absolute atomic E-state index is 13.7. The van der Waals surface area contributed by atoms with E-state index in [9.17, 15) is 19.5 Å². The predicted molar refractivity (Wildman–Crippen MR) is 129 cm³/mol. The highest BCUT2D eigenvalue weighted by atomic mass is 16.6. The Morgan fingerprint density at radius 1 is 1.18 bits per heavy atom. The van der Waals surface area contributed by atoms with E-state index < -0.39 is 29.7 Å². The van der Waals surface area contributed by atoms with Gasteiger partial charge in [0.05, 0.1) is 0 Å². The van der Waals surface area contributed by atoms with Crippen LogP contribution in [0, 0.1) is 5.92 Å². The molecule has 0 fully saturated rings. The molecule has 0 aromatic heterocycles. The number of unbranched alkanes of at least 4 members (excludes halogenated alkanes) is 1. The molecule has 0 saturated heterocycles. The maximum Gasteiger partial charge on any atom is 0.408 e. The van der Waals surface area contributed by atoms with Crippen LogP contribution in [-0.2, 0) is 14.3 Å². The lowest BCUT2D eigenvalue weighted by Gasteiger charge is -2.35. The molecule has 3 amide bonds. The summed E-state index contributed by atoms with van der Waals surface area (Å²) in [6.45, 7) is 15.2. The van der Waals surface area contributed by atoms with Crippen molar-refractivity contribution in [3.8, 4) is 5.75 Å². The number of carbonyl (C=O) groups is 3. The van der Waals surface area contributed by atoms with Gasteiger partial charge < -0.3 is 25.4 Å². The lowest BCUT2D eigenvalue weighted by atomic mass is 9.98. The van der Waals surface area contributed by atoms with E-state index in [1.807, 2.05) is 20.8 Å². The van der Waals surface area contributed by atoms with Crippen LogP contribution in [0.2, 0.25) is 0 Å². The quantitative estimate of drug-likeness (QED) is 0.342. The van der Waals surface area contributed by atoms with Gasteiger partial charge in [0.25, 0.3) is 0 Å². The van der Waals surface area contributed by atoms with Crippen LogP contribution < -0.4 is 10.6 Å². The number of carbonyl (C=O) groups excluding carboxylic acids is 3. The van der Waals surface area contributed by atoms with Gasteiger partial charge in [-0.3, -0.25) is 9.59 Å². The highest BCUT2D eigenvalue weighted by molar-refractivity contribution is 5.92. The molecule has 1 aromatic rings. The van der Waals surface area contributed by atoms with E-state index in [0.29, 0.717) is 12.1 Å². The van der Waals surface area contributed by atoms with Crippen molar-refractivity contribution in [3.63, 3.8) is 0 Å². The van der Waals surface area contributed by atoms with Crippen LogP contribution >= 0.6 is 0 Å². The first kappa shape index (κ1) is 28.0. The molecule has 8 heteroatoms. The van der Waals surface area contributed by atoms with Crippen molar-refractivity contribution in [1.29, 1.82) is 0 Å². The molecule has 0 bridgehead atoms. The van der Waals surface area contributed by atoms with E-state index in [1.54, 1.807) is 32.9 Å². The third-order valence-corrected chi connectivity index (χ3v) is 4.81. The number of phenols is 1. The van der Waals surface area contributed by atoms with Crippen molar-refractivity contribution in [2.24, 2.45) is 5.92 Å². The van der Waals surface area contributed by atoms with Gasteiger partial charge in [-0.15, -0.1) is 6.58 Å². The fraction of sp³-hybridized carbons (Fsp3) is 0.560. The number of ether oxygens (including phenoxy) is 1. The Bertz CT molecular complexity index is 799. The zero-order valence-corrected chi connectivity index (χ0v) is 20.7. The summed E-state index contributed by atoms with van der Waals surface area (Å²) < 4.78 is 5.33. The zero-order chi connectivity index (χ0) is 25.2. The molecule has 184 valence electrons. The molecule has 2 atom stereocenters. The number of hydrogen-bond acceptors (Lipinski definition) is 5. The summed E-state index contributed by atoms with van der Waals surface area (Å²) in [5.41, 5.74) is -0.180. The minimum atomic E-state index is -0.963. The molecule has 0 aliphatic rings.